The molecule has 1 N–H and O–H groups in total. The highest BCUT2D eigenvalue weighted by Gasteiger charge is 2.44. The highest BCUT2D eigenvalue weighted by molar-refractivity contribution is 5.78. The van der Waals surface area contributed by atoms with Gasteiger partial charge in [-0.2, -0.15) is 0 Å². The predicted molar refractivity (Wildman–Crippen MR) is 82.3 cm³/mol. The zero-order valence-electron chi connectivity index (χ0n) is 12.7. The minimum atomic E-state index is -0.200. The number of rotatable bonds is 2. The summed E-state index contributed by atoms with van der Waals surface area (Å²) in [5.41, 5.74) is 1.88. The van der Waals surface area contributed by atoms with Gasteiger partial charge in [-0.05, 0) is 18.6 Å². The molecule has 116 valence electrons. The second-order valence-electron chi connectivity index (χ2n) is 6.38. The molecule has 0 aliphatic carbocycles. The number of hydrogen-bond donors (Lipinski definition) is 1. The van der Waals surface area contributed by atoms with Gasteiger partial charge in [0, 0.05) is 20.1 Å². The number of likely N-dealkylation sites (tertiary alicyclic amines) is 1. The maximum Gasteiger partial charge on any atom is 0.248 e. The number of ether oxygens (including phenoxy) is 1. The molecule has 2 aromatic rings. The summed E-state index contributed by atoms with van der Waals surface area (Å²) in [4.78, 5) is 23.7. The van der Waals surface area contributed by atoms with E-state index in [0.717, 1.165) is 42.9 Å². The van der Waals surface area contributed by atoms with Crippen molar-refractivity contribution in [1.29, 1.82) is 0 Å². The second kappa shape index (κ2) is 5.07. The number of carbonyl (C=O) groups is 1. The summed E-state index contributed by atoms with van der Waals surface area (Å²) in [5, 5.41) is 0. The van der Waals surface area contributed by atoms with Gasteiger partial charge < -0.3 is 14.6 Å². The molecule has 4 rings (SSSR count). The molecule has 2 saturated heterocycles. The summed E-state index contributed by atoms with van der Waals surface area (Å²) in [5.74, 6) is 1.06. The Morgan fingerprint density at radius 3 is 3.05 bits per heavy atom. The lowest BCUT2D eigenvalue weighted by atomic mass is 10.0. The molecule has 2 aliphatic heterocycles. The number of nitrogens with one attached hydrogen (secondary N) is 1. The van der Waals surface area contributed by atoms with E-state index in [1.165, 1.54) is 0 Å². The van der Waals surface area contributed by atoms with Gasteiger partial charge in [0.05, 0.1) is 24.1 Å². The van der Waals surface area contributed by atoms with Crippen molar-refractivity contribution in [3.63, 3.8) is 0 Å². The molecular weight excluding hydrogens is 280 g/mol. The monoisotopic (exact) mass is 300 g/mol. The van der Waals surface area contributed by atoms with E-state index in [0.29, 0.717) is 6.54 Å². The summed E-state index contributed by atoms with van der Waals surface area (Å²) in [6, 6.07) is 8.08. The summed E-state index contributed by atoms with van der Waals surface area (Å²) >= 11 is 0. The predicted octanol–water partition coefficient (Wildman–Crippen LogP) is 0.996. The number of carbonyl (C=O) groups excluding carboxylic acids is 1. The van der Waals surface area contributed by atoms with Gasteiger partial charge in [-0.15, -0.1) is 0 Å². The van der Waals surface area contributed by atoms with Gasteiger partial charge in [0.2, 0.25) is 5.91 Å². The van der Waals surface area contributed by atoms with Crippen molar-refractivity contribution in [2.24, 2.45) is 0 Å². The summed E-state index contributed by atoms with van der Waals surface area (Å²) in [6.07, 6.45) is 0.963. The molecule has 1 aromatic heterocycles. The fraction of sp³-hybridized carbons (Fsp3) is 0.500. The molecule has 3 heterocycles. The van der Waals surface area contributed by atoms with Crippen LogP contribution in [0.4, 0.5) is 0 Å². The van der Waals surface area contributed by atoms with Crippen molar-refractivity contribution >= 4 is 16.9 Å². The maximum atomic E-state index is 11.6. The van der Waals surface area contributed by atoms with Gasteiger partial charge in [0.25, 0.3) is 0 Å². The molecule has 1 spiro atoms. The minimum absolute atomic E-state index is 0.0707. The molecule has 1 aromatic carbocycles. The van der Waals surface area contributed by atoms with Crippen LogP contribution in [-0.4, -0.2) is 64.6 Å². The Morgan fingerprint density at radius 1 is 1.36 bits per heavy atom. The Morgan fingerprint density at radius 2 is 2.23 bits per heavy atom. The first-order valence-electron chi connectivity index (χ1n) is 7.67. The molecule has 2 fully saturated rings. The zero-order valence-corrected chi connectivity index (χ0v) is 12.7. The smallest absolute Gasteiger partial charge is 0.248 e. The van der Waals surface area contributed by atoms with Crippen molar-refractivity contribution < 1.29 is 9.53 Å². The van der Waals surface area contributed by atoms with Crippen LogP contribution in [0, 0.1) is 0 Å². The molecule has 2 aliphatic rings. The molecular formula is C16H20N4O2. The number of imidazole rings is 1. The SMILES string of the molecule is CN1C[C@]2(CCN(Cc3nc4ccccc4[nH]3)C2)OCC1=O. The molecule has 0 bridgehead atoms. The van der Waals surface area contributed by atoms with E-state index >= 15 is 0 Å². The first kappa shape index (κ1) is 13.7. The number of aromatic amines is 1. The number of fused-ring (bicyclic) bond motifs is 1. The highest BCUT2D eigenvalue weighted by Crippen LogP contribution is 2.30. The van der Waals surface area contributed by atoms with Crippen molar-refractivity contribution in [3.05, 3.63) is 30.1 Å². The average molecular weight is 300 g/mol. The molecule has 1 amide bonds. The Labute approximate surface area is 129 Å². The Kier molecular flexibility index (Phi) is 3.16. The van der Waals surface area contributed by atoms with Crippen LogP contribution in [0.1, 0.15) is 12.2 Å². The van der Waals surface area contributed by atoms with E-state index in [2.05, 4.69) is 14.9 Å². The van der Waals surface area contributed by atoms with Crippen LogP contribution in [0.15, 0.2) is 24.3 Å². The highest BCUT2D eigenvalue weighted by atomic mass is 16.5. The minimum Gasteiger partial charge on any atom is -0.362 e. The number of nitrogens with zero attached hydrogens (tertiary/aromatic N) is 3. The lowest BCUT2D eigenvalue weighted by molar-refractivity contribution is -0.159. The van der Waals surface area contributed by atoms with Gasteiger partial charge in [0.15, 0.2) is 0 Å². The van der Waals surface area contributed by atoms with E-state index < -0.39 is 0 Å². The molecule has 6 nitrogen and oxygen atoms in total. The van der Waals surface area contributed by atoms with Crippen LogP contribution in [0.25, 0.3) is 11.0 Å². The molecule has 0 radical (unpaired) electrons. The van der Waals surface area contributed by atoms with Gasteiger partial charge in [0.1, 0.15) is 18.0 Å². The van der Waals surface area contributed by atoms with Crippen LogP contribution in [0.3, 0.4) is 0 Å². The normalized spacial score (nSPS) is 26.4. The number of amides is 1. The van der Waals surface area contributed by atoms with Gasteiger partial charge >= 0.3 is 0 Å². The van der Waals surface area contributed by atoms with E-state index in [9.17, 15) is 4.79 Å². The quantitative estimate of drug-likeness (QED) is 0.899. The Balaban J connectivity index is 1.45. The van der Waals surface area contributed by atoms with E-state index in [-0.39, 0.29) is 18.1 Å². The van der Waals surface area contributed by atoms with Crippen molar-refractivity contribution in [2.45, 2.75) is 18.6 Å². The standard InChI is InChI=1S/C16H20N4O2/c1-19-10-16(22-9-15(19)21)6-7-20(11-16)8-14-17-12-4-2-3-5-13(12)18-14/h2-5H,6-11H2,1H3,(H,17,18)/t16-/m0/s1. The van der Waals surface area contributed by atoms with E-state index in [1.54, 1.807) is 4.90 Å². The number of hydrogen-bond acceptors (Lipinski definition) is 4. The van der Waals surface area contributed by atoms with Gasteiger partial charge in [-0.25, -0.2) is 4.98 Å². The third kappa shape index (κ3) is 2.38. The number of likely N-dealkylation sites (N-methyl/N-ethyl adjacent to an activating group) is 1. The number of morpholine rings is 1. The Bertz CT molecular complexity index is 680. The first-order valence-corrected chi connectivity index (χ1v) is 7.67. The third-order valence-electron chi connectivity index (χ3n) is 4.66. The fourth-order valence-electron chi connectivity index (χ4n) is 3.49. The Hall–Kier alpha value is -1.92. The van der Waals surface area contributed by atoms with Gasteiger partial charge in [-0.3, -0.25) is 9.69 Å². The largest absolute Gasteiger partial charge is 0.362 e. The van der Waals surface area contributed by atoms with Crippen molar-refractivity contribution in [3.8, 4) is 0 Å². The average Bonchev–Trinajstić information content (AvgIpc) is 3.08. The van der Waals surface area contributed by atoms with Crippen LogP contribution in [0.5, 0.6) is 0 Å². The third-order valence-corrected chi connectivity index (χ3v) is 4.66. The first-order chi connectivity index (χ1) is 10.6. The summed E-state index contributed by atoms with van der Waals surface area (Å²) < 4.78 is 5.87. The van der Waals surface area contributed by atoms with Crippen molar-refractivity contribution in [2.75, 3.05) is 33.3 Å². The number of H-pyrrole nitrogens is 1. The maximum absolute atomic E-state index is 11.6. The number of para-hydroxylation sites is 2. The van der Waals surface area contributed by atoms with Crippen LogP contribution >= 0.6 is 0 Å². The topological polar surface area (TPSA) is 61.5 Å². The molecule has 22 heavy (non-hydrogen) atoms. The fourth-order valence-corrected chi connectivity index (χ4v) is 3.49. The molecule has 6 heteroatoms. The van der Waals surface area contributed by atoms with Crippen LogP contribution < -0.4 is 0 Å². The van der Waals surface area contributed by atoms with Crippen molar-refractivity contribution in [1.82, 2.24) is 19.8 Å². The van der Waals surface area contributed by atoms with E-state index in [1.807, 2.05) is 31.3 Å². The van der Waals surface area contributed by atoms with Gasteiger partial charge in [-0.1, -0.05) is 12.1 Å². The van der Waals surface area contributed by atoms with Crippen LogP contribution in [0.2, 0.25) is 0 Å². The van der Waals surface area contributed by atoms with Crippen LogP contribution in [-0.2, 0) is 16.1 Å². The lowest BCUT2D eigenvalue weighted by Gasteiger charge is -2.38. The molecule has 0 unspecified atom stereocenters. The zero-order chi connectivity index (χ0) is 15.2. The second-order valence-corrected chi connectivity index (χ2v) is 6.38. The molecule has 0 saturated carbocycles. The molecule has 1 atom stereocenters. The summed E-state index contributed by atoms with van der Waals surface area (Å²) in [6.45, 7) is 3.50. The number of benzene rings is 1. The van der Waals surface area contributed by atoms with E-state index in [4.69, 9.17) is 4.74 Å². The number of aromatic nitrogens is 2. The lowest BCUT2D eigenvalue weighted by Crippen LogP contribution is -2.54. The summed E-state index contributed by atoms with van der Waals surface area (Å²) in [7, 11) is 1.86.